The van der Waals surface area contributed by atoms with Gasteiger partial charge >= 0.3 is 0 Å². The fourth-order valence-corrected chi connectivity index (χ4v) is 5.34. The molecule has 0 radical (unpaired) electrons. The number of fused-ring (bicyclic) bond motifs is 2. The second kappa shape index (κ2) is 6.96. The molecule has 1 saturated heterocycles. The molecule has 5 nitrogen and oxygen atoms in total. The summed E-state index contributed by atoms with van der Waals surface area (Å²) >= 11 is 0. The number of carbonyl (C=O) groups excluding carboxylic acids is 1. The summed E-state index contributed by atoms with van der Waals surface area (Å²) in [5, 5.41) is 10.1. The molecule has 1 fully saturated rings. The first-order valence-corrected chi connectivity index (χ1v) is 10.3. The Morgan fingerprint density at radius 3 is 2.86 bits per heavy atom. The van der Waals surface area contributed by atoms with E-state index in [1.165, 1.54) is 16.8 Å². The van der Waals surface area contributed by atoms with Crippen molar-refractivity contribution in [2.75, 3.05) is 33.7 Å². The number of aromatic amines is 1. The van der Waals surface area contributed by atoms with E-state index in [0.717, 1.165) is 50.2 Å². The number of H-pyrrole nitrogens is 1. The number of hydrogen-bond acceptors (Lipinski definition) is 3. The largest absolute Gasteiger partial charge is 0.508 e. The first kappa shape index (κ1) is 19.1. The number of likely N-dealkylation sites (tertiary alicyclic amines) is 1. The molecular weight excluding hydrogens is 350 g/mol. The molecule has 2 heterocycles. The maximum atomic E-state index is 12.6. The van der Waals surface area contributed by atoms with Crippen LogP contribution in [0.4, 0.5) is 0 Å². The van der Waals surface area contributed by atoms with Crippen molar-refractivity contribution in [3.63, 3.8) is 0 Å². The van der Waals surface area contributed by atoms with E-state index >= 15 is 0 Å². The van der Waals surface area contributed by atoms with Crippen LogP contribution in [0.15, 0.2) is 24.3 Å². The van der Waals surface area contributed by atoms with Crippen molar-refractivity contribution >= 4 is 5.91 Å². The summed E-state index contributed by atoms with van der Waals surface area (Å²) < 4.78 is 0. The fraction of sp³-hybridized carbons (Fsp3) is 0.522. The first-order chi connectivity index (χ1) is 13.4. The number of aromatic hydroxyl groups is 1. The molecule has 1 aliphatic carbocycles. The number of hydrogen-bond donors (Lipinski definition) is 2. The van der Waals surface area contributed by atoms with Crippen LogP contribution in [0.25, 0.3) is 0 Å². The summed E-state index contributed by atoms with van der Waals surface area (Å²) in [5.41, 5.74) is 5.59. The van der Waals surface area contributed by atoms with Gasteiger partial charge in [-0.3, -0.25) is 4.79 Å². The van der Waals surface area contributed by atoms with Crippen LogP contribution in [0.5, 0.6) is 5.75 Å². The SMILES string of the molecule is CCN1CC[C@@]2(c3cccc(O)c3)Cc3[nH]c(C(=O)N(C)C)c(C)c3C[C@@H]2C1. The van der Waals surface area contributed by atoms with Crippen molar-refractivity contribution in [3.05, 3.63) is 52.3 Å². The van der Waals surface area contributed by atoms with Gasteiger partial charge in [0, 0.05) is 31.7 Å². The molecule has 5 heteroatoms. The Labute approximate surface area is 167 Å². The van der Waals surface area contributed by atoms with Crippen molar-refractivity contribution in [3.8, 4) is 5.75 Å². The van der Waals surface area contributed by atoms with Gasteiger partial charge in [-0.25, -0.2) is 0 Å². The predicted molar refractivity (Wildman–Crippen MR) is 111 cm³/mol. The molecule has 1 aromatic heterocycles. The molecule has 0 bridgehead atoms. The van der Waals surface area contributed by atoms with Crippen molar-refractivity contribution in [2.24, 2.45) is 5.92 Å². The third-order valence-electron chi connectivity index (χ3n) is 7.03. The summed E-state index contributed by atoms with van der Waals surface area (Å²) in [5.74, 6) is 0.851. The molecular formula is C23H31N3O2. The summed E-state index contributed by atoms with van der Waals surface area (Å²) in [6.07, 6.45) is 2.95. The van der Waals surface area contributed by atoms with Gasteiger partial charge in [0.15, 0.2) is 0 Å². The Balaban J connectivity index is 1.80. The van der Waals surface area contributed by atoms with Gasteiger partial charge in [0.05, 0.1) is 0 Å². The number of aromatic nitrogens is 1. The van der Waals surface area contributed by atoms with Gasteiger partial charge in [-0.05, 0) is 74.0 Å². The Bertz CT molecular complexity index is 901. The molecule has 0 saturated carbocycles. The van der Waals surface area contributed by atoms with E-state index in [1.54, 1.807) is 25.1 Å². The molecule has 0 unspecified atom stereocenters. The molecule has 2 aromatic rings. The van der Waals surface area contributed by atoms with Crippen LogP contribution in [0.1, 0.15) is 46.2 Å². The Hall–Kier alpha value is -2.27. The second-order valence-corrected chi connectivity index (χ2v) is 8.71. The minimum absolute atomic E-state index is 0.00708. The predicted octanol–water partition coefficient (Wildman–Crippen LogP) is 3.11. The zero-order chi connectivity index (χ0) is 20.1. The summed E-state index contributed by atoms with van der Waals surface area (Å²) in [6, 6.07) is 7.82. The van der Waals surface area contributed by atoms with Crippen LogP contribution < -0.4 is 0 Å². The van der Waals surface area contributed by atoms with Gasteiger partial charge in [-0.2, -0.15) is 0 Å². The van der Waals surface area contributed by atoms with E-state index in [1.807, 2.05) is 12.1 Å². The van der Waals surface area contributed by atoms with E-state index in [-0.39, 0.29) is 11.3 Å². The van der Waals surface area contributed by atoms with Gasteiger partial charge in [0.1, 0.15) is 11.4 Å². The van der Waals surface area contributed by atoms with Crippen LogP contribution in [-0.4, -0.2) is 59.5 Å². The minimum Gasteiger partial charge on any atom is -0.508 e. The number of phenols is 1. The van der Waals surface area contributed by atoms with Crippen molar-refractivity contribution in [2.45, 2.75) is 38.5 Å². The van der Waals surface area contributed by atoms with E-state index in [0.29, 0.717) is 11.7 Å². The van der Waals surface area contributed by atoms with Gasteiger partial charge in [-0.15, -0.1) is 0 Å². The lowest BCUT2D eigenvalue weighted by molar-refractivity contribution is 0.0820. The lowest BCUT2D eigenvalue weighted by Crippen LogP contribution is -2.53. The standard InChI is InChI=1S/C23H31N3O2/c1-5-26-10-9-23(16-7-6-8-18(27)11-16)13-20-19(12-17(23)14-26)15(2)21(24-20)22(28)25(3)4/h6-8,11,17,24,27H,5,9-10,12-14H2,1-4H3/t17-,23+/m1/s1. The smallest absolute Gasteiger partial charge is 0.270 e. The molecule has 1 aromatic carbocycles. The van der Waals surface area contributed by atoms with Crippen LogP contribution in [0.2, 0.25) is 0 Å². The number of nitrogens with zero attached hydrogens (tertiary/aromatic N) is 2. The minimum atomic E-state index is 0.00708. The average Bonchev–Trinajstić information content (AvgIpc) is 3.00. The highest BCUT2D eigenvalue weighted by Gasteiger charge is 2.48. The molecule has 28 heavy (non-hydrogen) atoms. The second-order valence-electron chi connectivity index (χ2n) is 8.71. The molecule has 1 amide bonds. The van der Waals surface area contributed by atoms with E-state index in [4.69, 9.17) is 0 Å². The van der Waals surface area contributed by atoms with E-state index < -0.39 is 0 Å². The Morgan fingerprint density at radius 1 is 1.39 bits per heavy atom. The average molecular weight is 382 g/mol. The molecule has 4 rings (SSSR count). The van der Waals surface area contributed by atoms with Crippen LogP contribution >= 0.6 is 0 Å². The Morgan fingerprint density at radius 2 is 2.18 bits per heavy atom. The van der Waals surface area contributed by atoms with Crippen LogP contribution in [0, 0.1) is 12.8 Å². The molecule has 0 spiro atoms. The Kier molecular flexibility index (Phi) is 4.74. The maximum Gasteiger partial charge on any atom is 0.270 e. The molecule has 1 aliphatic heterocycles. The monoisotopic (exact) mass is 381 g/mol. The van der Waals surface area contributed by atoms with Gasteiger partial charge < -0.3 is 19.9 Å². The number of phenolic OH excluding ortho intramolecular Hbond substituents is 1. The van der Waals surface area contributed by atoms with E-state index in [2.05, 4.69) is 29.8 Å². The van der Waals surface area contributed by atoms with Crippen LogP contribution in [-0.2, 0) is 18.3 Å². The lowest BCUT2D eigenvalue weighted by atomic mass is 9.58. The zero-order valence-electron chi connectivity index (χ0n) is 17.4. The normalized spacial score (nSPS) is 24.5. The number of carbonyl (C=O) groups is 1. The molecule has 2 atom stereocenters. The highest BCUT2D eigenvalue weighted by molar-refractivity contribution is 5.94. The number of rotatable bonds is 3. The summed E-state index contributed by atoms with van der Waals surface area (Å²) in [4.78, 5) is 20.3. The van der Waals surface area contributed by atoms with Crippen molar-refractivity contribution < 1.29 is 9.90 Å². The third-order valence-corrected chi connectivity index (χ3v) is 7.03. The molecule has 150 valence electrons. The lowest BCUT2D eigenvalue weighted by Gasteiger charge is -2.51. The molecule has 2 N–H and O–H groups in total. The first-order valence-electron chi connectivity index (χ1n) is 10.3. The topological polar surface area (TPSA) is 59.6 Å². The van der Waals surface area contributed by atoms with Crippen molar-refractivity contribution in [1.82, 2.24) is 14.8 Å². The molecule has 2 aliphatic rings. The van der Waals surface area contributed by atoms with Crippen molar-refractivity contribution in [1.29, 1.82) is 0 Å². The van der Waals surface area contributed by atoms with Gasteiger partial charge in [-0.1, -0.05) is 19.1 Å². The maximum absolute atomic E-state index is 12.6. The van der Waals surface area contributed by atoms with Gasteiger partial charge in [0.25, 0.3) is 5.91 Å². The van der Waals surface area contributed by atoms with Gasteiger partial charge in [0.2, 0.25) is 0 Å². The number of amides is 1. The third kappa shape index (κ3) is 2.93. The number of benzene rings is 1. The number of piperidine rings is 1. The zero-order valence-corrected chi connectivity index (χ0v) is 17.4. The quantitative estimate of drug-likeness (QED) is 0.859. The highest BCUT2D eigenvalue weighted by atomic mass is 16.3. The highest BCUT2D eigenvalue weighted by Crippen LogP contribution is 2.49. The van der Waals surface area contributed by atoms with E-state index in [9.17, 15) is 9.90 Å². The number of nitrogens with one attached hydrogen (secondary N) is 1. The summed E-state index contributed by atoms with van der Waals surface area (Å²) in [6.45, 7) is 7.50. The summed E-state index contributed by atoms with van der Waals surface area (Å²) in [7, 11) is 3.60. The fourth-order valence-electron chi connectivity index (χ4n) is 5.34. The van der Waals surface area contributed by atoms with Crippen LogP contribution in [0.3, 0.4) is 0 Å².